The van der Waals surface area contributed by atoms with Crippen LogP contribution in [0.3, 0.4) is 0 Å². The van der Waals surface area contributed by atoms with Crippen molar-refractivity contribution in [1.82, 2.24) is 0 Å². The first-order valence-corrected chi connectivity index (χ1v) is 6.32. The predicted molar refractivity (Wildman–Crippen MR) is 71.9 cm³/mol. The van der Waals surface area contributed by atoms with E-state index < -0.39 is 6.10 Å². The van der Waals surface area contributed by atoms with Crippen LogP contribution in [0.2, 0.25) is 0 Å². The fourth-order valence-corrected chi connectivity index (χ4v) is 2.11. The monoisotopic (exact) mass is 254 g/mol. The lowest BCUT2D eigenvalue weighted by Crippen LogP contribution is -2.21. The molecule has 1 heterocycles. The molecular formula is C16H14O3. The maximum atomic E-state index is 11.3. The predicted octanol–water partition coefficient (Wildman–Crippen LogP) is 3.05. The van der Waals surface area contributed by atoms with E-state index in [9.17, 15) is 4.79 Å². The molecule has 3 nitrogen and oxygen atoms in total. The molecule has 0 amide bonds. The van der Waals surface area contributed by atoms with E-state index in [0.29, 0.717) is 18.8 Å². The molecule has 1 fully saturated rings. The van der Waals surface area contributed by atoms with Gasteiger partial charge in [-0.15, -0.1) is 0 Å². The number of cyclic esters (lactones) is 1. The van der Waals surface area contributed by atoms with Crippen molar-refractivity contribution < 1.29 is 14.3 Å². The average molecular weight is 254 g/mol. The van der Waals surface area contributed by atoms with Gasteiger partial charge in [-0.2, -0.15) is 0 Å². The van der Waals surface area contributed by atoms with Gasteiger partial charge in [0.1, 0.15) is 5.75 Å². The van der Waals surface area contributed by atoms with Gasteiger partial charge in [0, 0.05) is 6.42 Å². The zero-order chi connectivity index (χ0) is 13.1. The standard InChI is InChI=1S/C16H14O3/c17-16-15(10-11-18-16)19-14-8-6-13(7-9-14)12-4-2-1-3-5-12/h1-9,15H,10-11H2/t15-/m0/s1. The van der Waals surface area contributed by atoms with E-state index in [1.54, 1.807) is 0 Å². The minimum absolute atomic E-state index is 0.271. The van der Waals surface area contributed by atoms with Gasteiger partial charge in [-0.25, -0.2) is 4.79 Å². The molecule has 0 aromatic heterocycles. The second kappa shape index (κ2) is 5.14. The fourth-order valence-electron chi connectivity index (χ4n) is 2.11. The highest BCUT2D eigenvalue weighted by atomic mass is 16.6. The Balaban J connectivity index is 1.74. The van der Waals surface area contributed by atoms with Gasteiger partial charge >= 0.3 is 5.97 Å². The summed E-state index contributed by atoms with van der Waals surface area (Å²) >= 11 is 0. The van der Waals surface area contributed by atoms with Crippen LogP contribution in [0, 0.1) is 0 Å². The Morgan fingerprint density at radius 1 is 0.947 bits per heavy atom. The largest absolute Gasteiger partial charge is 0.479 e. The van der Waals surface area contributed by atoms with Crippen LogP contribution < -0.4 is 4.74 Å². The Labute approximate surface area is 111 Å². The second-order valence-corrected chi connectivity index (χ2v) is 4.45. The third-order valence-electron chi connectivity index (χ3n) is 3.13. The molecule has 1 saturated heterocycles. The number of esters is 1. The van der Waals surface area contributed by atoms with Gasteiger partial charge < -0.3 is 9.47 Å². The van der Waals surface area contributed by atoms with Gasteiger partial charge in [0.05, 0.1) is 6.61 Å². The molecule has 96 valence electrons. The van der Waals surface area contributed by atoms with E-state index in [1.807, 2.05) is 42.5 Å². The summed E-state index contributed by atoms with van der Waals surface area (Å²) in [5.41, 5.74) is 2.29. The Bertz CT molecular complexity index is 560. The van der Waals surface area contributed by atoms with Crippen LogP contribution in [0.15, 0.2) is 54.6 Å². The van der Waals surface area contributed by atoms with Crippen molar-refractivity contribution in [1.29, 1.82) is 0 Å². The van der Waals surface area contributed by atoms with Crippen LogP contribution in [0.4, 0.5) is 0 Å². The van der Waals surface area contributed by atoms with Crippen molar-refractivity contribution in [3.05, 3.63) is 54.6 Å². The number of hydrogen-bond acceptors (Lipinski definition) is 3. The van der Waals surface area contributed by atoms with Crippen molar-refractivity contribution in [2.24, 2.45) is 0 Å². The van der Waals surface area contributed by atoms with E-state index in [1.165, 1.54) is 0 Å². The molecule has 0 saturated carbocycles. The molecule has 0 N–H and O–H groups in total. The first kappa shape index (κ1) is 11.8. The second-order valence-electron chi connectivity index (χ2n) is 4.45. The maximum Gasteiger partial charge on any atom is 0.347 e. The molecule has 0 radical (unpaired) electrons. The minimum Gasteiger partial charge on any atom is -0.479 e. The zero-order valence-electron chi connectivity index (χ0n) is 10.4. The summed E-state index contributed by atoms with van der Waals surface area (Å²) in [6.45, 7) is 0.450. The molecule has 1 atom stereocenters. The molecule has 3 rings (SSSR count). The third-order valence-corrected chi connectivity index (χ3v) is 3.13. The highest BCUT2D eigenvalue weighted by molar-refractivity contribution is 5.76. The smallest absolute Gasteiger partial charge is 0.347 e. The molecule has 19 heavy (non-hydrogen) atoms. The van der Waals surface area contributed by atoms with E-state index in [4.69, 9.17) is 9.47 Å². The number of carbonyl (C=O) groups excluding carboxylic acids is 1. The lowest BCUT2D eigenvalue weighted by molar-refractivity contribution is -0.143. The van der Waals surface area contributed by atoms with Gasteiger partial charge in [-0.1, -0.05) is 42.5 Å². The molecular weight excluding hydrogens is 240 g/mol. The number of ether oxygens (including phenoxy) is 2. The molecule has 0 bridgehead atoms. The van der Waals surface area contributed by atoms with Crippen LogP contribution in [0.25, 0.3) is 11.1 Å². The Kier molecular flexibility index (Phi) is 3.19. The van der Waals surface area contributed by atoms with Crippen molar-refractivity contribution in [2.75, 3.05) is 6.61 Å². The summed E-state index contributed by atoms with van der Waals surface area (Å²) in [5, 5.41) is 0. The molecule has 0 aliphatic carbocycles. The summed E-state index contributed by atoms with van der Waals surface area (Å²) in [4.78, 5) is 11.3. The molecule has 1 aliphatic heterocycles. The lowest BCUT2D eigenvalue weighted by Gasteiger charge is -2.10. The topological polar surface area (TPSA) is 35.5 Å². The normalized spacial score (nSPS) is 18.1. The van der Waals surface area contributed by atoms with Crippen molar-refractivity contribution in [3.63, 3.8) is 0 Å². The Morgan fingerprint density at radius 2 is 1.63 bits per heavy atom. The van der Waals surface area contributed by atoms with Crippen molar-refractivity contribution >= 4 is 5.97 Å². The van der Waals surface area contributed by atoms with E-state index >= 15 is 0 Å². The summed E-state index contributed by atoms with van der Waals surface area (Å²) in [6, 6.07) is 17.9. The maximum absolute atomic E-state index is 11.3. The van der Waals surface area contributed by atoms with Gasteiger partial charge in [-0.3, -0.25) is 0 Å². The first-order chi connectivity index (χ1) is 9.33. The molecule has 2 aromatic rings. The highest BCUT2D eigenvalue weighted by Gasteiger charge is 2.28. The average Bonchev–Trinajstić information content (AvgIpc) is 2.86. The van der Waals surface area contributed by atoms with Gasteiger partial charge in [0.25, 0.3) is 0 Å². The molecule has 0 spiro atoms. The van der Waals surface area contributed by atoms with Gasteiger partial charge in [0.15, 0.2) is 6.10 Å². The van der Waals surface area contributed by atoms with Crippen molar-refractivity contribution in [2.45, 2.75) is 12.5 Å². The fraction of sp³-hybridized carbons (Fsp3) is 0.188. The summed E-state index contributed by atoms with van der Waals surface area (Å²) in [6.07, 6.45) is 0.168. The van der Waals surface area contributed by atoms with Crippen LogP contribution in [-0.2, 0) is 9.53 Å². The third kappa shape index (κ3) is 2.60. The van der Waals surface area contributed by atoms with Crippen LogP contribution >= 0.6 is 0 Å². The Morgan fingerprint density at radius 3 is 2.26 bits per heavy atom. The first-order valence-electron chi connectivity index (χ1n) is 6.32. The number of carbonyl (C=O) groups is 1. The molecule has 1 aliphatic rings. The molecule has 2 aromatic carbocycles. The van der Waals surface area contributed by atoms with Crippen LogP contribution in [0.5, 0.6) is 5.75 Å². The van der Waals surface area contributed by atoms with E-state index in [0.717, 1.165) is 11.1 Å². The van der Waals surface area contributed by atoms with Gasteiger partial charge in [-0.05, 0) is 23.3 Å². The minimum atomic E-state index is -0.456. The van der Waals surface area contributed by atoms with Crippen molar-refractivity contribution in [3.8, 4) is 16.9 Å². The summed E-state index contributed by atoms with van der Waals surface area (Å²) in [7, 11) is 0. The summed E-state index contributed by atoms with van der Waals surface area (Å²) in [5.74, 6) is 0.427. The Hall–Kier alpha value is -2.29. The van der Waals surface area contributed by atoms with E-state index in [2.05, 4.69) is 12.1 Å². The summed E-state index contributed by atoms with van der Waals surface area (Å²) < 4.78 is 10.5. The van der Waals surface area contributed by atoms with Gasteiger partial charge in [0.2, 0.25) is 0 Å². The number of benzene rings is 2. The van der Waals surface area contributed by atoms with Crippen LogP contribution in [-0.4, -0.2) is 18.7 Å². The number of rotatable bonds is 3. The molecule has 0 unspecified atom stereocenters. The quantitative estimate of drug-likeness (QED) is 0.790. The lowest BCUT2D eigenvalue weighted by atomic mass is 10.1. The highest BCUT2D eigenvalue weighted by Crippen LogP contribution is 2.23. The van der Waals surface area contributed by atoms with E-state index in [-0.39, 0.29) is 5.97 Å². The van der Waals surface area contributed by atoms with Crippen LogP contribution in [0.1, 0.15) is 6.42 Å². The number of hydrogen-bond donors (Lipinski definition) is 0. The SMILES string of the molecule is O=C1OCC[C@@H]1Oc1ccc(-c2ccccc2)cc1. The molecule has 3 heteroatoms. The zero-order valence-corrected chi connectivity index (χ0v) is 10.4.